The van der Waals surface area contributed by atoms with Gasteiger partial charge in [0.25, 0.3) is 0 Å². The third-order valence-corrected chi connectivity index (χ3v) is 2.87. The van der Waals surface area contributed by atoms with E-state index in [1.165, 1.54) is 5.56 Å². The van der Waals surface area contributed by atoms with E-state index in [1.807, 2.05) is 45.0 Å². The van der Waals surface area contributed by atoms with Crippen molar-refractivity contribution < 1.29 is 19.9 Å². The van der Waals surface area contributed by atoms with E-state index in [9.17, 15) is 5.11 Å². The number of aliphatic hydroxyl groups is 1. The minimum absolute atomic E-state index is 0.609. The number of benzene rings is 1. The van der Waals surface area contributed by atoms with Crippen molar-refractivity contribution in [2.45, 2.75) is 45.8 Å². The quantitative estimate of drug-likeness (QED) is 0.708. The van der Waals surface area contributed by atoms with Crippen LogP contribution in [0.4, 0.5) is 0 Å². The molecule has 0 spiro atoms. The SMILES string of the molecule is Cc1ccc(OC(C)(C)C(C)(C)O)cc1.OBO. The van der Waals surface area contributed by atoms with Gasteiger partial charge in [-0.2, -0.15) is 0 Å². The first-order valence-electron chi connectivity index (χ1n) is 5.84. The second kappa shape index (κ2) is 6.78. The van der Waals surface area contributed by atoms with Gasteiger partial charge in [0.2, 0.25) is 0 Å². The Bertz CT molecular complexity index is 341. The molecule has 1 rings (SSSR count). The van der Waals surface area contributed by atoms with Crippen LogP contribution in [0.2, 0.25) is 0 Å². The van der Waals surface area contributed by atoms with Crippen LogP contribution in [0.3, 0.4) is 0 Å². The summed E-state index contributed by atoms with van der Waals surface area (Å²) in [5, 5.41) is 24.2. The number of aryl methyl sites for hydroxylation is 1. The van der Waals surface area contributed by atoms with Crippen molar-refractivity contribution in [3.63, 3.8) is 0 Å². The predicted octanol–water partition coefficient (Wildman–Crippen LogP) is 1.16. The Morgan fingerprint density at radius 2 is 1.39 bits per heavy atom. The van der Waals surface area contributed by atoms with Gasteiger partial charge in [0.15, 0.2) is 0 Å². The van der Waals surface area contributed by atoms with Gasteiger partial charge in [-0.25, -0.2) is 0 Å². The molecule has 0 saturated carbocycles. The van der Waals surface area contributed by atoms with Crippen LogP contribution in [0.15, 0.2) is 24.3 Å². The molecule has 4 nitrogen and oxygen atoms in total. The van der Waals surface area contributed by atoms with E-state index < -0.39 is 18.9 Å². The fourth-order valence-electron chi connectivity index (χ4n) is 1.03. The van der Waals surface area contributed by atoms with Gasteiger partial charge in [-0.05, 0) is 46.8 Å². The molecule has 0 aliphatic rings. The van der Waals surface area contributed by atoms with Crippen LogP contribution in [-0.2, 0) is 0 Å². The highest BCUT2D eigenvalue weighted by atomic mass is 16.5. The molecule has 0 bridgehead atoms. The monoisotopic (exact) mass is 254 g/mol. The third-order valence-electron chi connectivity index (χ3n) is 2.87. The lowest BCUT2D eigenvalue weighted by molar-refractivity contribution is -0.0906. The maximum Gasteiger partial charge on any atom is 0.432 e. The summed E-state index contributed by atoms with van der Waals surface area (Å²) in [5.41, 5.74) is -0.288. The first kappa shape index (κ1) is 17.0. The molecule has 0 unspecified atom stereocenters. The molecule has 1 aromatic carbocycles. The molecule has 0 aromatic heterocycles. The van der Waals surface area contributed by atoms with Crippen molar-refractivity contribution in [3.8, 4) is 5.75 Å². The average Bonchev–Trinajstić information content (AvgIpc) is 2.20. The van der Waals surface area contributed by atoms with Crippen LogP contribution in [-0.4, -0.2) is 34.0 Å². The van der Waals surface area contributed by atoms with E-state index in [0.717, 1.165) is 5.75 Å². The average molecular weight is 254 g/mol. The maximum absolute atomic E-state index is 9.94. The fourth-order valence-corrected chi connectivity index (χ4v) is 1.03. The van der Waals surface area contributed by atoms with Gasteiger partial charge >= 0.3 is 7.69 Å². The lowest BCUT2D eigenvalue weighted by Crippen LogP contribution is -2.49. The van der Waals surface area contributed by atoms with Gasteiger partial charge in [-0.1, -0.05) is 17.7 Å². The standard InChI is InChI=1S/C13H20O2.BH3O2/c1-10-6-8-11(9-7-10)15-13(4,5)12(2,3)14;2-1-3/h6-9,14H,1-5H3;1-3H. The van der Waals surface area contributed by atoms with Gasteiger partial charge in [0, 0.05) is 0 Å². The van der Waals surface area contributed by atoms with E-state index in [1.54, 1.807) is 13.8 Å². The zero-order valence-corrected chi connectivity index (χ0v) is 11.8. The molecule has 0 amide bonds. The maximum atomic E-state index is 9.94. The van der Waals surface area contributed by atoms with Gasteiger partial charge in [-0.15, -0.1) is 0 Å². The highest BCUT2D eigenvalue weighted by Gasteiger charge is 2.37. The number of ether oxygens (including phenoxy) is 1. The van der Waals surface area contributed by atoms with Crippen molar-refractivity contribution in [2.75, 3.05) is 0 Å². The molecule has 0 atom stereocenters. The summed E-state index contributed by atoms with van der Waals surface area (Å²) in [6.45, 7) is 9.30. The van der Waals surface area contributed by atoms with Crippen LogP contribution in [0.25, 0.3) is 0 Å². The Morgan fingerprint density at radius 1 is 1.00 bits per heavy atom. The molecule has 0 fully saturated rings. The van der Waals surface area contributed by atoms with Crippen molar-refractivity contribution in [3.05, 3.63) is 29.8 Å². The second-order valence-electron chi connectivity index (χ2n) is 5.13. The first-order valence-corrected chi connectivity index (χ1v) is 5.84. The highest BCUT2D eigenvalue weighted by Crippen LogP contribution is 2.27. The minimum atomic E-state index is -0.877. The molecule has 0 aliphatic heterocycles. The largest absolute Gasteiger partial charge is 0.485 e. The summed E-state index contributed by atoms with van der Waals surface area (Å²) in [6, 6.07) is 7.83. The van der Waals surface area contributed by atoms with Gasteiger partial charge < -0.3 is 19.9 Å². The number of rotatable bonds is 3. The molecule has 0 saturated heterocycles. The molecular weight excluding hydrogens is 231 g/mol. The fraction of sp³-hybridized carbons (Fsp3) is 0.538. The van der Waals surface area contributed by atoms with Crippen LogP contribution in [0, 0.1) is 6.92 Å². The molecule has 0 aliphatic carbocycles. The summed E-state index contributed by atoms with van der Waals surface area (Å²) in [6.07, 6.45) is 0. The Balaban J connectivity index is 0.000000873. The first-order chi connectivity index (χ1) is 8.14. The van der Waals surface area contributed by atoms with Crippen molar-refractivity contribution in [1.82, 2.24) is 0 Å². The van der Waals surface area contributed by atoms with Crippen molar-refractivity contribution in [1.29, 1.82) is 0 Å². The molecule has 0 heterocycles. The summed E-state index contributed by atoms with van der Waals surface area (Å²) in [7, 11) is -0.750. The summed E-state index contributed by atoms with van der Waals surface area (Å²) in [4.78, 5) is 0. The smallest absolute Gasteiger partial charge is 0.432 e. The zero-order chi connectivity index (χ0) is 14.4. The molecule has 18 heavy (non-hydrogen) atoms. The number of hydrogen-bond acceptors (Lipinski definition) is 4. The minimum Gasteiger partial charge on any atom is -0.485 e. The van der Waals surface area contributed by atoms with Crippen molar-refractivity contribution in [2.24, 2.45) is 0 Å². The summed E-state index contributed by atoms with van der Waals surface area (Å²) in [5.74, 6) is 0.785. The Labute approximate surface area is 110 Å². The molecule has 5 heteroatoms. The molecule has 0 radical (unpaired) electrons. The lowest BCUT2D eigenvalue weighted by atomic mass is 9.89. The van der Waals surface area contributed by atoms with Crippen molar-refractivity contribution >= 4 is 7.69 Å². The number of hydrogen-bond donors (Lipinski definition) is 3. The summed E-state index contributed by atoms with van der Waals surface area (Å²) < 4.78 is 5.77. The van der Waals surface area contributed by atoms with E-state index in [0.29, 0.717) is 0 Å². The molecular formula is C13H23BO4. The van der Waals surface area contributed by atoms with E-state index in [-0.39, 0.29) is 0 Å². The molecule has 102 valence electrons. The second-order valence-corrected chi connectivity index (χ2v) is 5.13. The summed E-state index contributed by atoms with van der Waals surface area (Å²) >= 11 is 0. The lowest BCUT2D eigenvalue weighted by Gasteiger charge is -2.37. The Morgan fingerprint density at radius 3 is 1.72 bits per heavy atom. The Hall–Kier alpha value is -1.04. The van der Waals surface area contributed by atoms with Gasteiger partial charge in [0.05, 0.1) is 5.60 Å². The zero-order valence-electron chi connectivity index (χ0n) is 11.8. The van der Waals surface area contributed by atoms with Crippen LogP contribution in [0.5, 0.6) is 5.75 Å². The van der Waals surface area contributed by atoms with Gasteiger partial charge in [-0.3, -0.25) is 0 Å². The topological polar surface area (TPSA) is 69.9 Å². The third kappa shape index (κ3) is 5.53. The Kier molecular flexibility index (Phi) is 6.39. The molecule has 3 N–H and O–H groups in total. The van der Waals surface area contributed by atoms with Crippen LogP contribution in [0.1, 0.15) is 33.3 Å². The van der Waals surface area contributed by atoms with E-state index in [2.05, 4.69) is 0 Å². The normalized spacial score (nSPS) is 11.3. The van der Waals surface area contributed by atoms with E-state index >= 15 is 0 Å². The molecule has 1 aromatic rings. The predicted molar refractivity (Wildman–Crippen MR) is 73.8 cm³/mol. The van der Waals surface area contributed by atoms with Gasteiger partial charge in [0.1, 0.15) is 11.4 Å². The van der Waals surface area contributed by atoms with Crippen LogP contribution < -0.4 is 4.74 Å². The van der Waals surface area contributed by atoms with Crippen LogP contribution >= 0.6 is 0 Å². The highest BCUT2D eigenvalue weighted by molar-refractivity contribution is 6.13. The van der Waals surface area contributed by atoms with E-state index in [4.69, 9.17) is 14.8 Å².